The Balaban J connectivity index is 2.15. The molecule has 1 aliphatic heterocycles. The Bertz CT molecular complexity index is 455. The molecule has 0 atom stereocenters. The lowest BCUT2D eigenvalue weighted by atomic mass is 9.82. The van der Waals surface area contributed by atoms with Crippen LogP contribution in [0.1, 0.15) is 52.0 Å². The minimum atomic E-state index is 0.508. The summed E-state index contributed by atoms with van der Waals surface area (Å²) in [4.78, 5) is 2.56. The van der Waals surface area contributed by atoms with Gasteiger partial charge in [-0.05, 0) is 61.4 Å². The molecule has 0 bridgehead atoms. The van der Waals surface area contributed by atoms with Gasteiger partial charge < -0.3 is 10.2 Å². The van der Waals surface area contributed by atoms with Crippen molar-refractivity contribution >= 4 is 17.3 Å². The van der Waals surface area contributed by atoms with Gasteiger partial charge in [0.1, 0.15) is 0 Å². The van der Waals surface area contributed by atoms with E-state index in [0.29, 0.717) is 5.41 Å². The molecule has 0 radical (unpaired) electrons. The lowest BCUT2D eigenvalue weighted by Crippen LogP contribution is -2.27. The summed E-state index contributed by atoms with van der Waals surface area (Å²) in [6.45, 7) is 11.2. The fraction of sp³-hybridized carbons (Fsp3) is 0.667. The van der Waals surface area contributed by atoms with Crippen molar-refractivity contribution in [3.05, 3.63) is 28.8 Å². The van der Waals surface area contributed by atoms with Crippen molar-refractivity contribution in [1.82, 2.24) is 5.32 Å². The number of benzene rings is 1. The van der Waals surface area contributed by atoms with Gasteiger partial charge in [0.2, 0.25) is 0 Å². The van der Waals surface area contributed by atoms with Gasteiger partial charge in [0.25, 0.3) is 0 Å². The van der Waals surface area contributed by atoms with Gasteiger partial charge in [-0.15, -0.1) is 0 Å². The highest BCUT2D eigenvalue weighted by molar-refractivity contribution is 6.30. The van der Waals surface area contributed by atoms with Crippen LogP contribution in [-0.4, -0.2) is 19.6 Å². The maximum absolute atomic E-state index is 6.20. The Hall–Kier alpha value is -0.730. The molecule has 1 aromatic carbocycles. The van der Waals surface area contributed by atoms with Crippen LogP contribution in [0.5, 0.6) is 0 Å². The summed E-state index contributed by atoms with van der Waals surface area (Å²) in [5, 5.41) is 4.34. The number of hydrogen-bond acceptors (Lipinski definition) is 2. The Kier molecular flexibility index (Phi) is 5.95. The number of nitrogens with zero attached hydrogens (tertiary/aromatic N) is 1. The average Bonchev–Trinajstić information content (AvgIpc) is 2.93. The van der Waals surface area contributed by atoms with Crippen molar-refractivity contribution in [1.29, 1.82) is 0 Å². The van der Waals surface area contributed by atoms with Crippen LogP contribution in [0.3, 0.4) is 0 Å². The molecule has 118 valence electrons. The zero-order valence-corrected chi connectivity index (χ0v) is 14.5. The molecule has 0 saturated carbocycles. The first kappa shape index (κ1) is 16.6. The van der Waals surface area contributed by atoms with Gasteiger partial charge in [0.15, 0.2) is 0 Å². The average molecular weight is 309 g/mol. The molecule has 0 amide bonds. The van der Waals surface area contributed by atoms with Crippen molar-refractivity contribution < 1.29 is 0 Å². The molecule has 1 aliphatic rings. The molecular formula is C18H29ClN2. The number of nitrogens with one attached hydrogen (secondary N) is 1. The molecule has 0 aliphatic carbocycles. The normalized spacial score (nSPS) is 17.4. The molecule has 2 rings (SSSR count). The van der Waals surface area contributed by atoms with Crippen LogP contribution in [0, 0.1) is 5.41 Å². The van der Waals surface area contributed by atoms with Gasteiger partial charge >= 0.3 is 0 Å². The molecule has 21 heavy (non-hydrogen) atoms. The Morgan fingerprint density at radius 2 is 2.00 bits per heavy atom. The van der Waals surface area contributed by atoms with Crippen LogP contribution in [0.4, 0.5) is 5.69 Å². The Labute approximate surface area is 134 Å². The molecule has 0 unspecified atom stereocenters. The van der Waals surface area contributed by atoms with Crippen molar-refractivity contribution in [2.45, 2.75) is 53.0 Å². The third-order valence-corrected chi connectivity index (χ3v) is 5.30. The van der Waals surface area contributed by atoms with Crippen molar-refractivity contribution in [2.75, 3.05) is 24.5 Å². The van der Waals surface area contributed by atoms with Gasteiger partial charge in [0, 0.05) is 30.3 Å². The van der Waals surface area contributed by atoms with Crippen molar-refractivity contribution in [2.24, 2.45) is 5.41 Å². The fourth-order valence-electron chi connectivity index (χ4n) is 3.37. The molecule has 1 fully saturated rings. The number of rotatable bonds is 7. The van der Waals surface area contributed by atoms with E-state index >= 15 is 0 Å². The highest BCUT2D eigenvalue weighted by atomic mass is 35.5. The Morgan fingerprint density at radius 1 is 1.24 bits per heavy atom. The Morgan fingerprint density at radius 3 is 2.62 bits per heavy atom. The van der Waals surface area contributed by atoms with E-state index in [1.54, 1.807) is 0 Å². The van der Waals surface area contributed by atoms with Gasteiger partial charge in [-0.3, -0.25) is 0 Å². The van der Waals surface area contributed by atoms with E-state index in [9.17, 15) is 0 Å². The SMILES string of the molecule is CCCNCc1cc(Cl)ccc1N1CCC(CC)(CC)C1. The van der Waals surface area contributed by atoms with Gasteiger partial charge in [-0.1, -0.05) is 32.4 Å². The topological polar surface area (TPSA) is 15.3 Å². The van der Waals surface area contributed by atoms with Gasteiger partial charge in [0.05, 0.1) is 0 Å². The summed E-state index contributed by atoms with van der Waals surface area (Å²) in [7, 11) is 0. The molecule has 3 heteroatoms. The van der Waals surface area contributed by atoms with E-state index in [-0.39, 0.29) is 0 Å². The van der Waals surface area contributed by atoms with E-state index in [2.05, 4.69) is 43.1 Å². The molecule has 1 heterocycles. The maximum Gasteiger partial charge on any atom is 0.0413 e. The second-order valence-corrected chi connectivity index (χ2v) is 6.76. The summed E-state index contributed by atoms with van der Waals surface area (Å²) in [6.07, 6.45) is 5.02. The minimum absolute atomic E-state index is 0.508. The summed E-state index contributed by atoms with van der Waals surface area (Å²) in [5.41, 5.74) is 3.21. The minimum Gasteiger partial charge on any atom is -0.371 e. The molecule has 0 aromatic heterocycles. The monoisotopic (exact) mass is 308 g/mol. The van der Waals surface area contributed by atoms with Gasteiger partial charge in [-0.25, -0.2) is 0 Å². The standard InChI is InChI=1S/C18H29ClN2/c1-4-10-20-13-15-12-16(19)7-8-17(15)21-11-9-18(5-2,6-3)14-21/h7-8,12,20H,4-6,9-11,13-14H2,1-3H3. The van der Waals surface area contributed by atoms with E-state index in [0.717, 1.165) is 24.5 Å². The van der Waals surface area contributed by atoms with Crippen LogP contribution in [0.15, 0.2) is 18.2 Å². The highest BCUT2D eigenvalue weighted by Gasteiger charge is 2.35. The first-order chi connectivity index (χ1) is 10.1. The lowest BCUT2D eigenvalue weighted by molar-refractivity contribution is 0.301. The first-order valence-electron chi connectivity index (χ1n) is 8.38. The molecule has 2 nitrogen and oxygen atoms in total. The molecule has 1 aromatic rings. The molecular weight excluding hydrogens is 280 g/mol. The van der Waals surface area contributed by atoms with E-state index in [1.807, 2.05) is 6.07 Å². The summed E-state index contributed by atoms with van der Waals surface area (Å²) in [5.74, 6) is 0. The predicted molar refractivity (Wildman–Crippen MR) is 93.3 cm³/mol. The van der Waals surface area contributed by atoms with Crippen molar-refractivity contribution in [3.8, 4) is 0 Å². The molecule has 0 spiro atoms. The lowest BCUT2D eigenvalue weighted by Gasteiger charge is -2.28. The first-order valence-corrected chi connectivity index (χ1v) is 8.76. The van der Waals surface area contributed by atoms with Crippen LogP contribution in [-0.2, 0) is 6.54 Å². The zero-order valence-electron chi connectivity index (χ0n) is 13.7. The second-order valence-electron chi connectivity index (χ2n) is 6.33. The third-order valence-electron chi connectivity index (χ3n) is 5.06. The molecule has 1 N–H and O–H groups in total. The van der Waals surface area contributed by atoms with Crippen LogP contribution in [0.2, 0.25) is 5.02 Å². The van der Waals surface area contributed by atoms with Crippen LogP contribution >= 0.6 is 11.6 Å². The smallest absolute Gasteiger partial charge is 0.0413 e. The van der Waals surface area contributed by atoms with Crippen molar-refractivity contribution in [3.63, 3.8) is 0 Å². The predicted octanol–water partition coefficient (Wildman–Crippen LogP) is 4.86. The summed E-state index contributed by atoms with van der Waals surface area (Å²) in [6, 6.07) is 6.35. The van der Waals surface area contributed by atoms with E-state index in [1.165, 1.54) is 43.6 Å². The van der Waals surface area contributed by atoms with Crippen LogP contribution in [0.25, 0.3) is 0 Å². The maximum atomic E-state index is 6.20. The van der Waals surface area contributed by atoms with Crippen LogP contribution < -0.4 is 10.2 Å². The second kappa shape index (κ2) is 7.51. The quantitative estimate of drug-likeness (QED) is 0.724. The summed E-state index contributed by atoms with van der Waals surface area (Å²) >= 11 is 6.20. The highest BCUT2D eigenvalue weighted by Crippen LogP contribution is 2.40. The van der Waals surface area contributed by atoms with E-state index < -0.39 is 0 Å². The number of hydrogen-bond donors (Lipinski definition) is 1. The van der Waals surface area contributed by atoms with Gasteiger partial charge in [-0.2, -0.15) is 0 Å². The zero-order chi connectivity index (χ0) is 15.3. The number of halogens is 1. The number of anilines is 1. The largest absolute Gasteiger partial charge is 0.371 e. The third kappa shape index (κ3) is 3.92. The molecule has 1 saturated heterocycles. The summed E-state index contributed by atoms with van der Waals surface area (Å²) < 4.78 is 0. The van der Waals surface area contributed by atoms with E-state index in [4.69, 9.17) is 11.6 Å². The fourth-order valence-corrected chi connectivity index (χ4v) is 3.57.